The lowest BCUT2D eigenvalue weighted by Gasteiger charge is -2.12. The summed E-state index contributed by atoms with van der Waals surface area (Å²) in [5.74, 6) is 0. The molecule has 0 N–H and O–H groups in total. The summed E-state index contributed by atoms with van der Waals surface area (Å²) >= 11 is 6.09. The summed E-state index contributed by atoms with van der Waals surface area (Å²) in [7, 11) is 0. The Morgan fingerprint density at radius 2 is 1.45 bits per heavy atom. The molecule has 152 valence electrons. The van der Waals surface area contributed by atoms with E-state index in [0.717, 1.165) is 16.8 Å². The molecule has 5 rings (SSSR count). The summed E-state index contributed by atoms with van der Waals surface area (Å²) in [4.78, 5) is 31.1. The lowest BCUT2D eigenvalue weighted by molar-refractivity contribution is 0.988. The molecule has 0 atom stereocenters. The van der Waals surface area contributed by atoms with E-state index in [1.807, 2.05) is 32.0 Å². The molecular weight excluding hydrogens is 410 g/mol. The van der Waals surface area contributed by atoms with E-state index in [1.54, 1.807) is 59.4 Å². The molecular formula is C25H18ClN3O2. The highest BCUT2D eigenvalue weighted by atomic mass is 35.5. The number of nitrogens with zero attached hydrogens (tertiary/aromatic N) is 3. The van der Waals surface area contributed by atoms with Gasteiger partial charge in [0.2, 0.25) is 0 Å². The van der Waals surface area contributed by atoms with E-state index in [9.17, 15) is 9.59 Å². The lowest BCUT2D eigenvalue weighted by Crippen LogP contribution is -2.21. The molecule has 0 spiro atoms. The number of aryl methyl sites for hydroxylation is 2. The number of benzene rings is 2. The molecule has 0 saturated carbocycles. The van der Waals surface area contributed by atoms with Gasteiger partial charge in [-0.15, -0.1) is 0 Å². The molecule has 2 aromatic carbocycles. The van der Waals surface area contributed by atoms with Gasteiger partial charge in [-0.2, -0.15) is 0 Å². The Morgan fingerprint density at radius 3 is 2.16 bits per heavy atom. The molecule has 0 unspecified atom stereocenters. The number of rotatable bonds is 2. The van der Waals surface area contributed by atoms with E-state index in [0.29, 0.717) is 32.5 Å². The SMILES string of the molecule is Cc1ccc(C)c(-n2ccc3nc4ccn(-c5cccc(Cl)c5)c(=O)c4cc3c2=O)c1. The fourth-order valence-corrected chi connectivity index (χ4v) is 4.01. The number of hydrogen-bond acceptors (Lipinski definition) is 3. The second-order valence-corrected chi connectivity index (χ2v) is 8.04. The smallest absolute Gasteiger partial charge is 0.264 e. The molecule has 0 radical (unpaired) electrons. The van der Waals surface area contributed by atoms with Crippen LogP contribution in [0.5, 0.6) is 0 Å². The van der Waals surface area contributed by atoms with Crippen molar-refractivity contribution in [3.63, 3.8) is 0 Å². The quantitative estimate of drug-likeness (QED) is 0.374. The molecule has 0 aliphatic rings. The fraction of sp³-hybridized carbons (Fsp3) is 0.0800. The third kappa shape index (κ3) is 3.23. The van der Waals surface area contributed by atoms with Crippen molar-refractivity contribution in [2.75, 3.05) is 0 Å². The van der Waals surface area contributed by atoms with E-state index < -0.39 is 0 Å². The van der Waals surface area contributed by atoms with Crippen molar-refractivity contribution >= 4 is 33.4 Å². The number of aromatic nitrogens is 3. The van der Waals surface area contributed by atoms with Crippen molar-refractivity contribution in [3.05, 3.63) is 110 Å². The first-order valence-electron chi connectivity index (χ1n) is 9.84. The Kier molecular flexibility index (Phi) is 4.49. The summed E-state index contributed by atoms with van der Waals surface area (Å²) in [5, 5.41) is 1.32. The van der Waals surface area contributed by atoms with E-state index in [4.69, 9.17) is 11.6 Å². The fourth-order valence-electron chi connectivity index (χ4n) is 3.82. The predicted octanol–water partition coefficient (Wildman–Crippen LogP) is 4.96. The third-order valence-electron chi connectivity index (χ3n) is 5.45. The zero-order valence-electron chi connectivity index (χ0n) is 17.0. The average molecular weight is 428 g/mol. The number of hydrogen-bond donors (Lipinski definition) is 0. The maximum atomic E-state index is 13.3. The van der Waals surface area contributed by atoms with Gasteiger partial charge in [0.05, 0.1) is 33.2 Å². The van der Waals surface area contributed by atoms with Crippen LogP contribution >= 0.6 is 11.6 Å². The average Bonchev–Trinajstić information content (AvgIpc) is 2.75. The second-order valence-electron chi connectivity index (χ2n) is 7.61. The molecule has 31 heavy (non-hydrogen) atoms. The Morgan fingerprint density at radius 1 is 0.774 bits per heavy atom. The molecule has 5 aromatic rings. The molecule has 3 aromatic heterocycles. The molecule has 0 aliphatic heterocycles. The van der Waals surface area contributed by atoms with Gasteiger partial charge in [0.15, 0.2) is 0 Å². The van der Waals surface area contributed by atoms with E-state index in [2.05, 4.69) is 4.98 Å². The van der Waals surface area contributed by atoms with Gasteiger partial charge in [-0.3, -0.25) is 18.7 Å². The van der Waals surface area contributed by atoms with Crippen LogP contribution in [-0.2, 0) is 0 Å². The minimum atomic E-state index is -0.254. The first-order chi connectivity index (χ1) is 14.9. The number of halogens is 1. The van der Waals surface area contributed by atoms with E-state index in [-0.39, 0.29) is 11.1 Å². The Balaban J connectivity index is 1.79. The Hall–Kier alpha value is -3.70. The van der Waals surface area contributed by atoms with Gasteiger partial charge in [-0.05, 0) is 67.4 Å². The van der Waals surface area contributed by atoms with Crippen LogP contribution in [0.1, 0.15) is 11.1 Å². The van der Waals surface area contributed by atoms with Crippen LogP contribution in [0.3, 0.4) is 0 Å². The minimum absolute atomic E-state index is 0.210. The monoisotopic (exact) mass is 427 g/mol. The predicted molar refractivity (Wildman–Crippen MR) is 125 cm³/mol. The standard InChI is InChI=1S/C25H18ClN3O2/c1-15-6-7-16(2)23(12-15)29-11-9-22-20(25(29)31)14-19-21(27-22)8-10-28(24(19)30)18-5-3-4-17(26)13-18/h3-14H,1-2H3. The van der Waals surface area contributed by atoms with Gasteiger partial charge in [-0.25, -0.2) is 4.98 Å². The Bertz CT molecular complexity index is 1620. The van der Waals surface area contributed by atoms with Crippen molar-refractivity contribution in [2.24, 2.45) is 0 Å². The van der Waals surface area contributed by atoms with Gasteiger partial charge in [0, 0.05) is 17.4 Å². The van der Waals surface area contributed by atoms with Crippen molar-refractivity contribution in [1.82, 2.24) is 14.1 Å². The van der Waals surface area contributed by atoms with Crippen LogP contribution in [0.15, 0.2) is 82.6 Å². The van der Waals surface area contributed by atoms with Crippen LogP contribution in [-0.4, -0.2) is 14.1 Å². The Labute approximate surface area is 182 Å². The van der Waals surface area contributed by atoms with Crippen molar-refractivity contribution in [1.29, 1.82) is 0 Å². The van der Waals surface area contributed by atoms with Crippen LogP contribution in [0.25, 0.3) is 33.2 Å². The van der Waals surface area contributed by atoms with E-state index >= 15 is 0 Å². The summed E-state index contributed by atoms with van der Waals surface area (Å²) in [6.45, 7) is 3.95. The molecule has 0 saturated heterocycles. The zero-order valence-corrected chi connectivity index (χ0v) is 17.7. The summed E-state index contributed by atoms with van der Waals surface area (Å²) < 4.78 is 3.12. The maximum Gasteiger partial charge on any atom is 0.264 e. The topological polar surface area (TPSA) is 56.9 Å². The minimum Gasteiger partial charge on any atom is -0.284 e. The molecule has 5 nitrogen and oxygen atoms in total. The summed E-state index contributed by atoms with van der Waals surface area (Å²) in [6.07, 6.45) is 3.41. The highest BCUT2D eigenvalue weighted by Gasteiger charge is 2.12. The van der Waals surface area contributed by atoms with Crippen molar-refractivity contribution in [3.8, 4) is 11.4 Å². The van der Waals surface area contributed by atoms with Gasteiger partial charge in [0.25, 0.3) is 11.1 Å². The normalized spacial score (nSPS) is 11.3. The lowest BCUT2D eigenvalue weighted by atomic mass is 10.1. The molecule has 6 heteroatoms. The molecule has 0 aliphatic carbocycles. The van der Waals surface area contributed by atoms with Crippen LogP contribution in [0.2, 0.25) is 5.02 Å². The zero-order chi connectivity index (χ0) is 21.7. The van der Waals surface area contributed by atoms with Crippen LogP contribution in [0.4, 0.5) is 0 Å². The van der Waals surface area contributed by atoms with Crippen molar-refractivity contribution < 1.29 is 0 Å². The highest BCUT2D eigenvalue weighted by molar-refractivity contribution is 6.30. The van der Waals surface area contributed by atoms with Gasteiger partial charge in [0.1, 0.15) is 0 Å². The summed E-state index contributed by atoms with van der Waals surface area (Å²) in [6, 6.07) is 18.3. The van der Waals surface area contributed by atoms with E-state index in [1.165, 1.54) is 4.57 Å². The first kappa shape index (κ1) is 19.3. The highest BCUT2D eigenvalue weighted by Crippen LogP contribution is 2.20. The molecule has 3 heterocycles. The van der Waals surface area contributed by atoms with Crippen LogP contribution in [0, 0.1) is 13.8 Å². The summed E-state index contributed by atoms with van der Waals surface area (Å²) in [5.41, 5.74) is 4.15. The third-order valence-corrected chi connectivity index (χ3v) is 5.69. The van der Waals surface area contributed by atoms with Gasteiger partial charge >= 0.3 is 0 Å². The maximum absolute atomic E-state index is 13.3. The molecule has 0 bridgehead atoms. The molecule has 0 fully saturated rings. The van der Waals surface area contributed by atoms with Gasteiger partial charge < -0.3 is 0 Å². The van der Waals surface area contributed by atoms with Gasteiger partial charge in [-0.1, -0.05) is 29.8 Å². The van der Waals surface area contributed by atoms with Crippen LogP contribution < -0.4 is 11.1 Å². The molecule has 0 amide bonds. The largest absolute Gasteiger partial charge is 0.284 e. The second kappa shape index (κ2) is 7.22. The van der Waals surface area contributed by atoms with Crippen molar-refractivity contribution in [2.45, 2.75) is 13.8 Å². The first-order valence-corrected chi connectivity index (χ1v) is 10.2. The number of pyridine rings is 3. The number of fused-ring (bicyclic) bond motifs is 2.